The number of amides is 2. The van der Waals surface area contributed by atoms with E-state index in [1.807, 2.05) is 0 Å². The van der Waals surface area contributed by atoms with Crippen molar-refractivity contribution in [2.45, 2.75) is 13.5 Å². The van der Waals surface area contributed by atoms with Crippen molar-refractivity contribution in [1.29, 1.82) is 0 Å². The molecule has 3 aromatic carbocycles. The first-order valence-corrected chi connectivity index (χ1v) is 10.3. The third-order valence-electron chi connectivity index (χ3n) is 4.81. The van der Waals surface area contributed by atoms with Crippen molar-refractivity contribution in [3.63, 3.8) is 0 Å². The quantitative estimate of drug-likeness (QED) is 0.299. The molecule has 8 nitrogen and oxygen atoms in total. The maximum atomic E-state index is 13.7. The Morgan fingerprint density at radius 1 is 0.912 bits per heavy atom. The minimum absolute atomic E-state index is 0.0995. The van der Waals surface area contributed by atoms with Gasteiger partial charge in [-0.2, -0.15) is 5.10 Å². The first-order chi connectivity index (χ1) is 16.4. The number of carbonyl (C=O) groups is 2. The van der Waals surface area contributed by atoms with Crippen molar-refractivity contribution >= 4 is 23.2 Å². The Labute approximate surface area is 196 Å². The Bertz CT molecular complexity index is 1200. The summed E-state index contributed by atoms with van der Waals surface area (Å²) in [6, 6.07) is 18.1. The summed E-state index contributed by atoms with van der Waals surface area (Å²) < 4.78 is 29.6. The molecular formula is C25H24FN3O5. The number of nitrogens with zero attached hydrogens (tertiary/aromatic N) is 1. The standard InChI is InChI=1S/C25H24FN3O5/c1-16(17-8-10-19(11-9-17)34-15-18-6-4-5-7-21(18)26)28-29-25(31)24(30)27-22-14-20(32-2)12-13-23(22)33-3/h4-14H,15H2,1-3H3,(H,27,30)(H,29,31)/b28-16+. The molecule has 0 bridgehead atoms. The molecule has 3 rings (SSSR count). The highest BCUT2D eigenvalue weighted by molar-refractivity contribution is 6.39. The molecule has 0 atom stereocenters. The summed E-state index contributed by atoms with van der Waals surface area (Å²) >= 11 is 0. The molecule has 0 saturated heterocycles. The second kappa shape index (κ2) is 11.5. The van der Waals surface area contributed by atoms with Crippen LogP contribution in [-0.2, 0) is 16.2 Å². The summed E-state index contributed by atoms with van der Waals surface area (Å²) in [5, 5.41) is 6.45. The van der Waals surface area contributed by atoms with Gasteiger partial charge < -0.3 is 19.5 Å². The van der Waals surface area contributed by atoms with Gasteiger partial charge in [0, 0.05) is 11.6 Å². The number of anilines is 1. The lowest BCUT2D eigenvalue weighted by atomic mass is 10.1. The highest BCUT2D eigenvalue weighted by Crippen LogP contribution is 2.28. The zero-order valence-electron chi connectivity index (χ0n) is 18.9. The molecular weight excluding hydrogens is 441 g/mol. The van der Waals surface area contributed by atoms with E-state index in [2.05, 4.69) is 15.8 Å². The predicted octanol–water partition coefficient (Wildman–Crippen LogP) is 3.90. The molecule has 0 radical (unpaired) electrons. The molecule has 0 heterocycles. The number of hydrogen-bond donors (Lipinski definition) is 2. The first-order valence-electron chi connectivity index (χ1n) is 10.3. The maximum absolute atomic E-state index is 13.7. The van der Waals surface area contributed by atoms with E-state index in [-0.39, 0.29) is 18.1 Å². The average molecular weight is 465 g/mol. The highest BCUT2D eigenvalue weighted by Gasteiger charge is 2.16. The molecule has 2 amide bonds. The summed E-state index contributed by atoms with van der Waals surface area (Å²) in [6.45, 7) is 1.78. The number of hydrazone groups is 1. The Hall–Kier alpha value is -4.40. The fourth-order valence-electron chi connectivity index (χ4n) is 2.91. The second-order valence-corrected chi connectivity index (χ2v) is 7.06. The molecule has 0 saturated carbocycles. The Kier molecular flexibility index (Phi) is 8.17. The molecule has 0 spiro atoms. The van der Waals surface area contributed by atoms with Crippen LogP contribution in [0.25, 0.3) is 0 Å². The lowest BCUT2D eigenvalue weighted by Gasteiger charge is -2.11. The van der Waals surface area contributed by atoms with E-state index >= 15 is 0 Å². The van der Waals surface area contributed by atoms with Crippen molar-refractivity contribution in [3.8, 4) is 17.2 Å². The molecule has 9 heteroatoms. The number of methoxy groups -OCH3 is 2. The zero-order valence-corrected chi connectivity index (χ0v) is 18.9. The van der Waals surface area contributed by atoms with Crippen LogP contribution in [0, 0.1) is 5.82 Å². The molecule has 0 aromatic heterocycles. The van der Waals surface area contributed by atoms with Gasteiger partial charge in [0.1, 0.15) is 29.7 Å². The fourth-order valence-corrected chi connectivity index (χ4v) is 2.91. The summed E-state index contributed by atoms with van der Waals surface area (Å²) in [7, 11) is 2.93. The predicted molar refractivity (Wildman–Crippen MR) is 126 cm³/mol. The van der Waals surface area contributed by atoms with Gasteiger partial charge in [0.15, 0.2) is 0 Å². The minimum atomic E-state index is -0.950. The topological polar surface area (TPSA) is 98.2 Å². The largest absolute Gasteiger partial charge is 0.497 e. The van der Waals surface area contributed by atoms with Crippen LogP contribution in [0.1, 0.15) is 18.1 Å². The van der Waals surface area contributed by atoms with E-state index in [1.165, 1.54) is 26.4 Å². The number of hydrogen-bond acceptors (Lipinski definition) is 6. The van der Waals surface area contributed by atoms with Crippen molar-refractivity contribution < 1.29 is 28.2 Å². The van der Waals surface area contributed by atoms with Gasteiger partial charge >= 0.3 is 11.8 Å². The first kappa shape index (κ1) is 24.2. The fraction of sp³-hybridized carbons (Fsp3) is 0.160. The Morgan fingerprint density at radius 3 is 2.29 bits per heavy atom. The monoisotopic (exact) mass is 465 g/mol. The van der Waals surface area contributed by atoms with Crippen molar-refractivity contribution in [2.75, 3.05) is 19.5 Å². The van der Waals surface area contributed by atoms with Crippen LogP contribution < -0.4 is 25.0 Å². The average Bonchev–Trinajstić information content (AvgIpc) is 2.86. The molecule has 0 aliphatic carbocycles. The molecule has 0 fully saturated rings. The highest BCUT2D eigenvalue weighted by atomic mass is 19.1. The Morgan fingerprint density at radius 2 is 1.62 bits per heavy atom. The van der Waals surface area contributed by atoms with E-state index in [0.29, 0.717) is 34.1 Å². The van der Waals surface area contributed by atoms with Gasteiger partial charge in [-0.3, -0.25) is 9.59 Å². The SMILES string of the molecule is COc1ccc(OC)c(NC(=O)C(=O)N/N=C(\C)c2ccc(OCc3ccccc3F)cc2)c1. The molecule has 2 N–H and O–H groups in total. The van der Waals surface area contributed by atoms with Gasteiger partial charge in [-0.25, -0.2) is 9.82 Å². The minimum Gasteiger partial charge on any atom is -0.497 e. The number of nitrogens with one attached hydrogen (secondary N) is 2. The smallest absolute Gasteiger partial charge is 0.329 e. The third-order valence-corrected chi connectivity index (χ3v) is 4.81. The van der Waals surface area contributed by atoms with Crippen LogP contribution in [-0.4, -0.2) is 31.7 Å². The van der Waals surface area contributed by atoms with Crippen molar-refractivity contribution in [1.82, 2.24) is 5.43 Å². The number of rotatable bonds is 8. The van der Waals surface area contributed by atoms with E-state index < -0.39 is 11.8 Å². The normalized spacial score (nSPS) is 10.9. The molecule has 176 valence electrons. The van der Waals surface area contributed by atoms with E-state index in [9.17, 15) is 14.0 Å². The maximum Gasteiger partial charge on any atom is 0.329 e. The van der Waals surface area contributed by atoms with Crippen LogP contribution in [0.3, 0.4) is 0 Å². The third kappa shape index (κ3) is 6.32. The van der Waals surface area contributed by atoms with Gasteiger partial charge in [-0.05, 0) is 55.0 Å². The van der Waals surface area contributed by atoms with E-state index in [0.717, 1.165) is 0 Å². The van der Waals surface area contributed by atoms with Gasteiger partial charge in [-0.15, -0.1) is 0 Å². The van der Waals surface area contributed by atoms with Crippen molar-refractivity contribution in [3.05, 3.63) is 83.7 Å². The van der Waals surface area contributed by atoms with Crippen molar-refractivity contribution in [2.24, 2.45) is 5.10 Å². The lowest BCUT2D eigenvalue weighted by Crippen LogP contribution is -2.33. The number of benzene rings is 3. The number of halogens is 1. The Balaban J connectivity index is 1.57. The molecule has 0 unspecified atom stereocenters. The summed E-state index contributed by atoms with van der Waals surface area (Å²) in [5.41, 5.74) is 4.14. The van der Waals surface area contributed by atoms with E-state index in [1.54, 1.807) is 61.5 Å². The molecule has 0 aliphatic rings. The van der Waals surface area contributed by atoms with Gasteiger partial charge in [0.05, 0.1) is 25.6 Å². The lowest BCUT2D eigenvalue weighted by molar-refractivity contribution is -0.136. The van der Waals surface area contributed by atoms with Crippen LogP contribution in [0.15, 0.2) is 71.8 Å². The summed E-state index contributed by atoms with van der Waals surface area (Å²) in [4.78, 5) is 24.4. The van der Waals surface area contributed by atoms with E-state index in [4.69, 9.17) is 14.2 Å². The van der Waals surface area contributed by atoms with Crippen LogP contribution in [0.2, 0.25) is 0 Å². The number of carbonyl (C=O) groups excluding carboxylic acids is 2. The van der Waals surface area contributed by atoms with Crippen LogP contribution in [0.4, 0.5) is 10.1 Å². The van der Waals surface area contributed by atoms with Gasteiger partial charge in [0.2, 0.25) is 0 Å². The second-order valence-electron chi connectivity index (χ2n) is 7.06. The van der Waals surface area contributed by atoms with Crippen LogP contribution in [0.5, 0.6) is 17.2 Å². The summed E-state index contributed by atoms with van der Waals surface area (Å²) in [6.07, 6.45) is 0. The van der Waals surface area contributed by atoms with Gasteiger partial charge in [-0.1, -0.05) is 18.2 Å². The summed E-state index contributed by atoms with van der Waals surface area (Å²) in [5.74, 6) is -0.776. The number of ether oxygens (including phenoxy) is 3. The zero-order chi connectivity index (χ0) is 24.5. The van der Waals surface area contributed by atoms with Crippen LogP contribution >= 0.6 is 0 Å². The molecule has 3 aromatic rings. The van der Waals surface area contributed by atoms with Gasteiger partial charge in [0.25, 0.3) is 0 Å². The molecule has 34 heavy (non-hydrogen) atoms. The molecule has 0 aliphatic heterocycles.